The number of hydrogen-bond acceptors (Lipinski definition) is 4. The Morgan fingerprint density at radius 2 is 1.65 bits per heavy atom. The van der Waals surface area contributed by atoms with Crippen molar-refractivity contribution in [2.45, 2.75) is 17.7 Å². The van der Waals surface area contributed by atoms with E-state index in [1.807, 2.05) is 12.1 Å². The Morgan fingerprint density at radius 3 is 2.39 bits per heavy atom. The predicted molar refractivity (Wildman–Crippen MR) is 125 cm³/mol. The number of hydrogen-bond donors (Lipinski definition) is 2. The Labute approximate surface area is 186 Å². The van der Waals surface area contributed by atoms with Gasteiger partial charge in [-0.3, -0.25) is 9.52 Å². The van der Waals surface area contributed by atoms with Crippen molar-refractivity contribution in [2.75, 3.05) is 28.0 Å². The zero-order valence-electron chi connectivity index (χ0n) is 16.7. The van der Waals surface area contributed by atoms with Gasteiger partial charge in [0.2, 0.25) is 0 Å². The average Bonchev–Trinajstić information content (AvgIpc) is 3.29. The van der Waals surface area contributed by atoms with Gasteiger partial charge in [-0.25, -0.2) is 8.42 Å². The van der Waals surface area contributed by atoms with Gasteiger partial charge in [0, 0.05) is 29.4 Å². The minimum absolute atomic E-state index is 0.152. The summed E-state index contributed by atoms with van der Waals surface area (Å²) in [6, 6.07) is 19.9. The molecule has 6 nitrogen and oxygen atoms in total. The number of benzene rings is 3. The highest BCUT2D eigenvalue weighted by Gasteiger charge is 2.19. The lowest BCUT2D eigenvalue weighted by molar-refractivity contribution is 0.102. The number of sulfonamides is 1. The van der Waals surface area contributed by atoms with Crippen LogP contribution in [0, 0.1) is 0 Å². The second kappa shape index (κ2) is 8.99. The van der Waals surface area contributed by atoms with Gasteiger partial charge in [0.05, 0.1) is 16.3 Å². The van der Waals surface area contributed by atoms with Crippen LogP contribution in [-0.4, -0.2) is 27.4 Å². The Hall–Kier alpha value is -3.03. The molecule has 3 aromatic rings. The molecular weight excluding hydrogens is 434 g/mol. The van der Waals surface area contributed by atoms with E-state index in [9.17, 15) is 13.2 Å². The standard InChI is InChI=1S/C23H22ClN3O3S/c24-18-11-12-22(27-13-4-5-14-27)21(16-18)25-23(28)17-7-6-8-19(15-17)26-31(29,30)20-9-2-1-3-10-20/h1-3,6-12,15-16,26H,4-5,13-14H2,(H,25,28). The van der Waals surface area contributed by atoms with Crippen molar-refractivity contribution in [2.24, 2.45) is 0 Å². The zero-order valence-corrected chi connectivity index (χ0v) is 18.3. The van der Waals surface area contributed by atoms with E-state index in [1.54, 1.807) is 42.5 Å². The van der Waals surface area contributed by atoms with E-state index in [-0.39, 0.29) is 10.8 Å². The Kier molecular flexibility index (Phi) is 6.15. The molecule has 2 N–H and O–H groups in total. The number of nitrogens with one attached hydrogen (secondary N) is 2. The SMILES string of the molecule is O=C(Nc1cc(Cl)ccc1N1CCCC1)c1cccc(NS(=O)(=O)c2ccccc2)c1. The van der Waals surface area contributed by atoms with E-state index in [1.165, 1.54) is 18.2 Å². The quantitative estimate of drug-likeness (QED) is 0.548. The molecule has 1 aliphatic rings. The van der Waals surface area contributed by atoms with Crippen LogP contribution in [0.3, 0.4) is 0 Å². The van der Waals surface area contributed by atoms with Crippen molar-refractivity contribution in [3.05, 3.63) is 83.4 Å². The van der Waals surface area contributed by atoms with Gasteiger partial charge >= 0.3 is 0 Å². The van der Waals surface area contributed by atoms with E-state index in [4.69, 9.17) is 11.6 Å². The maximum Gasteiger partial charge on any atom is 0.261 e. The largest absolute Gasteiger partial charge is 0.370 e. The third kappa shape index (κ3) is 5.00. The summed E-state index contributed by atoms with van der Waals surface area (Å²) < 4.78 is 27.7. The molecule has 0 unspecified atom stereocenters. The van der Waals surface area contributed by atoms with E-state index in [0.717, 1.165) is 31.6 Å². The predicted octanol–water partition coefficient (Wildman–Crippen LogP) is 4.99. The van der Waals surface area contributed by atoms with Crippen LogP contribution in [0.1, 0.15) is 23.2 Å². The Bertz CT molecular complexity index is 1190. The fraction of sp³-hybridized carbons (Fsp3) is 0.174. The summed E-state index contributed by atoms with van der Waals surface area (Å²) in [5.41, 5.74) is 2.20. The molecule has 0 aliphatic carbocycles. The van der Waals surface area contributed by atoms with Gasteiger partial charge < -0.3 is 10.2 Å². The summed E-state index contributed by atoms with van der Waals surface area (Å²) in [5.74, 6) is -0.344. The lowest BCUT2D eigenvalue weighted by atomic mass is 10.1. The molecule has 1 saturated heterocycles. The summed E-state index contributed by atoms with van der Waals surface area (Å²) in [4.78, 5) is 15.3. The molecule has 8 heteroatoms. The highest BCUT2D eigenvalue weighted by molar-refractivity contribution is 7.92. The fourth-order valence-corrected chi connectivity index (χ4v) is 4.82. The Balaban J connectivity index is 1.55. The molecule has 31 heavy (non-hydrogen) atoms. The molecule has 1 aliphatic heterocycles. The first-order valence-corrected chi connectivity index (χ1v) is 11.8. The smallest absolute Gasteiger partial charge is 0.261 e. The third-order valence-corrected chi connectivity index (χ3v) is 6.72. The van der Waals surface area contributed by atoms with Crippen LogP contribution in [-0.2, 0) is 10.0 Å². The average molecular weight is 456 g/mol. The highest BCUT2D eigenvalue weighted by Crippen LogP contribution is 2.32. The van der Waals surface area contributed by atoms with Gasteiger partial charge in [-0.05, 0) is 61.4 Å². The lowest BCUT2D eigenvalue weighted by Gasteiger charge is -2.22. The third-order valence-electron chi connectivity index (χ3n) is 5.08. The van der Waals surface area contributed by atoms with E-state index in [0.29, 0.717) is 22.0 Å². The molecule has 3 aromatic carbocycles. The summed E-state index contributed by atoms with van der Waals surface area (Å²) in [6.45, 7) is 1.86. The molecule has 160 valence electrons. The van der Waals surface area contributed by atoms with Gasteiger partial charge in [-0.2, -0.15) is 0 Å². The van der Waals surface area contributed by atoms with Crippen molar-refractivity contribution in [1.29, 1.82) is 0 Å². The first-order chi connectivity index (χ1) is 14.9. The normalized spacial score (nSPS) is 13.8. The number of halogens is 1. The number of amides is 1. The molecule has 0 atom stereocenters. The van der Waals surface area contributed by atoms with Crippen molar-refractivity contribution >= 4 is 44.6 Å². The van der Waals surface area contributed by atoms with Crippen molar-refractivity contribution in [3.63, 3.8) is 0 Å². The van der Waals surface area contributed by atoms with Crippen LogP contribution in [0.15, 0.2) is 77.7 Å². The molecule has 0 bridgehead atoms. The van der Waals surface area contributed by atoms with Crippen LogP contribution in [0.5, 0.6) is 0 Å². The molecule has 0 saturated carbocycles. The van der Waals surface area contributed by atoms with Crippen molar-refractivity contribution < 1.29 is 13.2 Å². The molecule has 0 spiro atoms. The highest BCUT2D eigenvalue weighted by atomic mass is 35.5. The van der Waals surface area contributed by atoms with E-state index < -0.39 is 10.0 Å². The van der Waals surface area contributed by atoms with Gasteiger partial charge in [-0.15, -0.1) is 0 Å². The van der Waals surface area contributed by atoms with E-state index >= 15 is 0 Å². The summed E-state index contributed by atoms with van der Waals surface area (Å²) in [7, 11) is -3.74. The Morgan fingerprint density at radius 1 is 0.903 bits per heavy atom. The van der Waals surface area contributed by atoms with Gasteiger partial charge in [0.15, 0.2) is 0 Å². The van der Waals surface area contributed by atoms with Crippen LogP contribution in [0.4, 0.5) is 17.1 Å². The number of anilines is 3. The number of nitrogens with zero attached hydrogens (tertiary/aromatic N) is 1. The summed E-state index contributed by atoms with van der Waals surface area (Å²) in [5, 5.41) is 3.45. The molecule has 1 fully saturated rings. The molecule has 0 aromatic heterocycles. The molecule has 4 rings (SSSR count). The second-order valence-electron chi connectivity index (χ2n) is 7.31. The maximum absolute atomic E-state index is 12.9. The lowest BCUT2D eigenvalue weighted by Crippen LogP contribution is -2.21. The van der Waals surface area contributed by atoms with E-state index in [2.05, 4.69) is 14.9 Å². The van der Waals surface area contributed by atoms with Gasteiger partial charge in [0.1, 0.15) is 0 Å². The van der Waals surface area contributed by atoms with Crippen molar-refractivity contribution in [1.82, 2.24) is 0 Å². The second-order valence-corrected chi connectivity index (χ2v) is 9.43. The molecule has 1 amide bonds. The minimum Gasteiger partial charge on any atom is -0.370 e. The number of carbonyl (C=O) groups excluding carboxylic acids is 1. The summed E-state index contributed by atoms with van der Waals surface area (Å²) in [6.07, 6.45) is 2.22. The zero-order chi connectivity index (χ0) is 21.8. The van der Waals surface area contributed by atoms with Crippen LogP contribution >= 0.6 is 11.6 Å². The van der Waals surface area contributed by atoms with Gasteiger partial charge in [-0.1, -0.05) is 35.9 Å². The topological polar surface area (TPSA) is 78.5 Å². The van der Waals surface area contributed by atoms with Crippen molar-refractivity contribution in [3.8, 4) is 0 Å². The van der Waals surface area contributed by atoms with Gasteiger partial charge in [0.25, 0.3) is 15.9 Å². The first-order valence-electron chi connectivity index (χ1n) is 9.96. The van der Waals surface area contributed by atoms with Crippen LogP contribution in [0.25, 0.3) is 0 Å². The van der Waals surface area contributed by atoms with Crippen LogP contribution < -0.4 is 14.9 Å². The fourth-order valence-electron chi connectivity index (χ4n) is 3.57. The first kappa shape index (κ1) is 21.2. The summed E-state index contributed by atoms with van der Waals surface area (Å²) >= 11 is 6.16. The van der Waals surface area contributed by atoms with Crippen LogP contribution in [0.2, 0.25) is 5.02 Å². The maximum atomic E-state index is 12.9. The molecule has 0 radical (unpaired) electrons. The number of carbonyl (C=O) groups is 1. The molecule has 1 heterocycles. The number of rotatable bonds is 6. The monoisotopic (exact) mass is 455 g/mol. The molecular formula is C23H22ClN3O3S. The minimum atomic E-state index is -3.74.